The average Bonchev–Trinajstić information content (AvgIpc) is 2.71. The van der Waals surface area contributed by atoms with Gasteiger partial charge in [0.1, 0.15) is 11.0 Å². The van der Waals surface area contributed by atoms with E-state index in [0.717, 1.165) is 27.3 Å². The maximum Gasteiger partial charge on any atom is 0.232 e. The van der Waals surface area contributed by atoms with E-state index in [0.29, 0.717) is 18.9 Å². The molecule has 0 aliphatic carbocycles. The SMILES string of the molecule is CN(C[C@H]1COc2ccccc2O1)C(=O)CSC1=Nc2ccccc2CS1. The highest BCUT2D eigenvalue weighted by molar-refractivity contribution is 8.38. The summed E-state index contributed by atoms with van der Waals surface area (Å²) in [6.07, 6.45) is -0.160. The Morgan fingerprint density at radius 2 is 2.00 bits per heavy atom. The van der Waals surface area contributed by atoms with E-state index < -0.39 is 0 Å². The van der Waals surface area contributed by atoms with E-state index in [4.69, 9.17) is 9.47 Å². The highest BCUT2D eigenvalue weighted by atomic mass is 32.2. The normalized spacial score (nSPS) is 17.7. The van der Waals surface area contributed by atoms with E-state index in [1.807, 2.05) is 42.5 Å². The maximum absolute atomic E-state index is 12.5. The van der Waals surface area contributed by atoms with Crippen molar-refractivity contribution in [1.82, 2.24) is 4.90 Å². The zero-order valence-corrected chi connectivity index (χ0v) is 16.6. The Labute approximate surface area is 167 Å². The number of ether oxygens (including phenoxy) is 2. The smallest absolute Gasteiger partial charge is 0.232 e. The first-order chi connectivity index (χ1) is 13.2. The van der Waals surface area contributed by atoms with Crippen LogP contribution in [-0.4, -0.2) is 47.2 Å². The van der Waals surface area contributed by atoms with E-state index in [1.165, 1.54) is 17.3 Å². The van der Waals surface area contributed by atoms with Gasteiger partial charge in [-0.05, 0) is 23.8 Å². The van der Waals surface area contributed by atoms with Crippen LogP contribution in [0.3, 0.4) is 0 Å². The van der Waals surface area contributed by atoms with Crippen LogP contribution in [0.2, 0.25) is 0 Å². The van der Waals surface area contributed by atoms with Crippen molar-refractivity contribution in [2.45, 2.75) is 11.9 Å². The van der Waals surface area contributed by atoms with Crippen molar-refractivity contribution < 1.29 is 14.3 Å². The summed E-state index contributed by atoms with van der Waals surface area (Å²) in [6.45, 7) is 0.942. The van der Waals surface area contributed by atoms with Crippen molar-refractivity contribution >= 4 is 39.5 Å². The van der Waals surface area contributed by atoms with Crippen LogP contribution in [0.5, 0.6) is 11.5 Å². The first-order valence-electron chi connectivity index (χ1n) is 8.73. The fourth-order valence-electron chi connectivity index (χ4n) is 2.88. The molecular formula is C20H20N2O3S2. The lowest BCUT2D eigenvalue weighted by atomic mass is 10.2. The van der Waals surface area contributed by atoms with Gasteiger partial charge in [0.2, 0.25) is 5.91 Å². The number of carbonyl (C=O) groups excluding carboxylic acids is 1. The third-order valence-electron chi connectivity index (χ3n) is 4.34. The number of thioether (sulfide) groups is 2. The molecule has 0 unspecified atom stereocenters. The molecule has 4 rings (SSSR count). The van der Waals surface area contributed by atoms with Gasteiger partial charge in [-0.15, -0.1) is 0 Å². The maximum atomic E-state index is 12.5. The first-order valence-corrected chi connectivity index (χ1v) is 10.7. The molecular weight excluding hydrogens is 380 g/mol. The number of hydrogen-bond donors (Lipinski definition) is 0. The van der Waals surface area contributed by atoms with Crippen LogP contribution >= 0.6 is 23.5 Å². The summed E-state index contributed by atoms with van der Waals surface area (Å²) < 4.78 is 12.6. The molecule has 2 aliphatic rings. The van der Waals surface area contributed by atoms with Gasteiger partial charge in [0.05, 0.1) is 18.0 Å². The lowest BCUT2D eigenvalue weighted by Gasteiger charge is -2.29. The third-order valence-corrected chi connectivity index (χ3v) is 6.57. The monoisotopic (exact) mass is 400 g/mol. The summed E-state index contributed by atoms with van der Waals surface area (Å²) in [7, 11) is 1.80. The van der Waals surface area contributed by atoms with Crippen LogP contribution in [-0.2, 0) is 10.5 Å². The van der Waals surface area contributed by atoms with Crippen LogP contribution in [0.15, 0.2) is 53.5 Å². The molecule has 2 aromatic carbocycles. The number of hydrogen-bond acceptors (Lipinski definition) is 6. The number of carbonyl (C=O) groups is 1. The largest absolute Gasteiger partial charge is 0.486 e. The second kappa shape index (κ2) is 8.27. The zero-order valence-electron chi connectivity index (χ0n) is 15.0. The van der Waals surface area contributed by atoms with Gasteiger partial charge in [-0.2, -0.15) is 0 Å². The molecule has 1 amide bonds. The molecule has 5 nitrogen and oxygen atoms in total. The molecule has 0 bridgehead atoms. The Hall–Kier alpha value is -2.12. The fourth-order valence-corrected chi connectivity index (χ4v) is 4.88. The molecule has 0 N–H and O–H groups in total. The van der Waals surface area contributed by atoms with Crippen LogP contribution in [0.25, 0.3) is 0 Å². The minimum atomic E-state index is -0.160. The fraction of sp³-hybridized carbons (Fsp3) is 0.300. The van der Waals surface area contributed by atoms with E-state index >= 15 is 0 Å². The number of likely N-dealkylation sites (N-methyl/N-ethyl adjacent to an activating group) is 1. The van der Waals surface area contributed by atoms with E-state index in [1.54, 1.807) is 23.7 Å². The van der Waals surface area contributed by atoms with Gasteiger partial charge in [-0.1, -0.05) is 53.9 Å². The molecule has 0 aromatic heterocycles. The van der Waals surface area contributed by atoms with Crippen molar-refractivity contribution in [3.05, 3.63) is 54.1 Å². The number of fused-ring (bicyclic) bond motifs is 2. The molecule has 0 spiro atoms. The van der Waals surface area contributed by atoms with Gasteiger partial charge in [-0.25, -0.2) is 4.99 Å². The van der Waals surface area contributed by atoms with Crippen LogP contribution in [0.4, 0.5) is 5.69 Å². The summed E-state index contributed by atoms with van der Waals surface area (Å²) in [6, 6.07) is 15.7. The molecule has 140 valence electrons. The first kappa shape index (κ1) is 18.3. The second-order valence-electron chi connectivity index (χ2n) is 6.36. The van der Waals surface area contributed by atoms with Gasteiger partial charge in [0, 0.05) is 12.8 Å². The van der Waals surface area contributed by atoms with E-state index in [9.17, 15) is 4.79 Å². The molecule has 27 heavy (non-hydrogen) atoms. The van der Waals surface area contributed by atoms with Crippen LogP contribution < -0.4 is 9.47 Å². The standard InChI is InChI=1S/C20H20N2O3S2/c1-22(10-15-11-24-17-8-4-5-9-18(17)25-15)19(23)13-27-20-21-16-7-3-2-6-14(16)12-26-20/h2-9,15H,10-13H2,1H3/t15-/m0/s1. The third kappa shape index (κ3) is 4.42. The van der Waals surface area contributed by atoms with Gasteiger partial charge < -0.3 is 14.4 Å². The van der Waals surface area contributed by atoms with Crippen molar-refractivity contribution in [3.8, 4) is 11.5 Å². The summed E-state index contributed by atoms with van der Waals surface area (Å²) >= 11 is 3.18. The predicted octanol–water partition coefficient (Wildman–Crippen LogP) is 3.95. The number of para-hydroxylation sites is 3. The Bertz CT molecular complexity index is 872. The van der Waals surface area contributed by atoms with Crippen molar-refractivity contribution in [1.29, 1.82) is 0 Å². The van der Waals surface area contributed by atoms with E-state index in [2.05, 4.69) is 11.1 Å². The topological polar surface area (TPSA) is 51.1 Å². The Balaban J connectivity index is 1.28. The zero-order chi connectivity index (χ0) is 18.6. The number of aliphatic imine (C=N–C) groups is 1. The molecule has 2 aromatic rings. The van der Waals surface area contributed by atoms with Crippen LogP contribution in [0.1, 0.15) is 5.56 Å². The Morgan fingerprint density at radius 3 is 2.89 bits per heavy atom. The molecule has 7 heteroatoms. The minimum Gasteiger partial charge on any atom is -0.486 e. The molecule has 0 fully saturated rings. The molecule has 2 aliphatic heterocycles. The molecule has 2 heterocycles. The minimum absolute atomic E-state index is 0.0598. The molecule has 1 atom stereocenters. The highest BCUT2D eigenvalue weighted by Crippen LogP contribution is 2.34. The quantitative estimate of drug-likeness (QED) is 0.778. The van der Waals surface area contributed by atoms with Crippen molar-refractivity contribution in [3.63, 3.8) is 0 Å². The number of amides is 1. The number of nitrogens with zero attached hydrogens (tertiary/aromatic N) is 2. The lowest BCUT2D eigenvalue weighted by Crippen LogP contribution is -2.42. The predicted molar refractivity (Wildman–Crippen MR) is 111 cm³/mol. The lowest BCUT2D eigenvalue weighted by molar-refractivity contribution is -0.128. The van der Waals surface area contributed by atoms with Gasteiger partial charge in [0.25, 0.3) is 0 Å². The van der Waals surface area contributed by atoms with Gasteiger partial charge in [0.15, 0.2) is 17.6 Å². The Morgan fingerprint density at radius 1 is 1.22 bits per heavy atom. The molecule has 0 saturated heterocycles. The summed E-state index contributed by atoms with van der Waals surface area (Å²) in [5, 5.41) is 0. The molecule has 0 saturated carbocycles. The summed E-state index contributed by atoms with van der Waals surface area (Å²) in [5.41, 5.74) is 2.25. The van der Waals surface area contributed by atoms with Gasteiger partial charge in [-0.3, -0.25) is 4.79 Å². The van der Waals surface area contributed by atoms with Gasteiger partial charge >= 0.3 is 0 Å². The number of benzene rings is 2. The molecule has 0 radical (unpaired) electrons. The van der Waals surface area contributed by atoms with Crippen molar-refractivity contribution in [2.75, 3.05) is 26.0 Å². The average molecular weight is 401 g/mol. The summed E-state index contributed by atoms with van der Waals surface area (Å²) in [5.74, 6) is 2.82. The second-order valence-corrected chi connectivity index (χ2v) is 8.54. The highest BCUT2D eigenvalue weighted by Gasteiger charge is 2.24. The Kier molecular flexibility index (Phi) is 5.59. The summed E-state index contributed by atoms with van der Waals surface area (Å²) in [4.78, 5) is 18.8. The number of rotatable bonds is 4. The van der Waals surface area contributed by atoms with Crippen molar-refractivity contribution in [2.24, 2.45) is 4.99 Å². The van der Waals surface area contributed by atoms with Crippen LogP contribution in [0, 0.1) is 0 Å². The van der Waals surface area contributed by atoms with E-state index in [-0.39, 0.29) is 12.0 Å².